The van der Waals surface area contributed by atoms with E-state index < -0.39 is 6.10 Å². The van der Waals surface area contributed by atoms with Gasteiger partial charge in [0.2, 0.25) is 0 Å². The molecule has 3 rings (SSSR count). The summed E-state index contributed by atoms with van der Waals surface area (Å²) < 4.78 is 5.66. The Hall–Kier alpha value is -1.79. The first kappa shape index (κ1) is 16.1. The average molecular weight is 350 g/mol. The van der Waals surface area contributed by atoms with E-state index in [4.69, 9.17) is 16.3 Å². The smallest absolute Gasteiger partial charge is 0.326 e. The van der Waals surface area contributed by atoms with E-state index in [1.807, 2.05) is 48.4 Å². The molecule has 7 heteroatoms. The van der Waals surface area contributed by atoms with Crippen LogP contribution in [0.5, 0.6) is 0 Å². The lowest BCUT2D eigenvalue weighted by molar-refractivity contribution is -0.145. The van der Waals surface area contributed by atoms with E-state index >= 15 is 0 Å². The van der Waals surface area contributed by atoms with Crippen LogP contribution in [0.15, 0.2) is 35.5 Å². The standard InChI is InChI=1S/C16H16ClN3O2S/c1-3-20-9-11(21)22-13(10-7-5-4-6-8-10)12-14(17)18-16(23-2)19-15(12)20/h4-8,13H,3,9H2,1-2H3. The molecule has 0 bridgehead atoms. The number of halogens is 1. The van der Waals surface area contributed by atoms with Gasteiger partial charge >= 0.3 is 5.97 Å². The van der Waals surface area contributed by atoms with Crippen LogP contribution in [0, 0.1) is 0 Å². The van der Waals surface area contributed by atoms with Crippen molar-refractivity contribution in [1.82, 2.24) is 9.97 Å². The molecule has 0 amide bonds. The van der Waals surface area contributed by atoms with Crippen molar-refractivity contribution in [3.05, 3.63) is 46.6 Å². The first-order valence-electron chi connectivity index (χ1n) is 7.24. The maximum atomic E-state index is 12.2. The molecule has 0 aliphatic carbocycles. The van der Waals surface area contributed by atoms with Crippen molar-refractivity contribution < 1.29 is 9.53 Å². The fraction of sp³-hybridized carbons (Fsp3) is 0.312. The van der Waals surface area contributed by atoms with E-state index in [0.29, 0.717) is 28.2 Å². The number of cyclic esters (lactones) is 1. The Kier molecular flexibility index (Phi) is 4.73. The SMILES string of the molecule is CCN1CC(=O)OC(c2ccccc2)c2c(Cl)nc(SC)nc21. The Labute approximate surface area is 144 Å². The molecule has 1 aliphatic rings. The van der Waals surface area contributed by atoms with Crippen molar-refractivity contribution >= 4 is 35.1 Å². The van der Waals surface area contributed by atoms with Crippen LogP contribution in [0.1, 0.15) is 24.2 Å². The van der Waals surface area contributed by atoms with Crippen molar-refractivity contribution in [3.8, 4) is 0 Å². The van der Waals surface area contributed by atoms with E-state index in [1.54, 1.807) is 0 Å². The van der Waals surface area contributed by atoms with Gasteiger partial charge in [0.05, 0.1) is 5.56 Å². The van der Waals surface area contributed by atoms with Crippen LogP contribution in [-0.2, 0) is 9.53 Å². The summed E-state index contributed by atoms with van der Waals surface area (Å²) in [5.74, 6) is 0.358. The average Bonchev–Trinajstić information content (AvgIpc) is 2.72. The third kappa shape index (κ3) is 3.14. The van der Waals surface area contributed by atoms with E-state index in [0.717, 1.165) is 5.56 Å². The second-order valence-corrected chi connectivity index (χ2v) is 6.16. The number of aromatic nitrogens is 2. The maximum absolute atomic E-state index is 12.2. The number of hydrogen-bond acceptors (Lipinski definition) is 6. The highest BCUT2D eigenvalue weighted by Gasteiger charge is 2.33. The van der Waals surface area contributed by atoms with Crippen LogP contribution < -0.4 is 4.90 Å². The Morgan fingerprint density at radius 1 is 1.35 bits per heavy atom. The number of benzene rings is 1. The summed E-state index contributed by atoms with van der Waals surface area (Å²) in [6, 6.07) is 9.52. The highest BCUT2D eigenvalue weighted by atomic mass is 35.5. The number of carbonyl (C=O) groups is 1. The zero-order valence-electron chi connectivity index (χ0n) is 12.8. The highest BCUT2D eigenvalue weighted by molar-refractivity contribution is 7.98. The molecule has 1 unspecified atom stereocenters. The lowest BCUT2D eigenvalue weighted by atomic mass is 10.0. The Bertz CT molecular complexity index is 727. The van der Waals surface area contributed by atoms with E-state index in [2.05, 4.69) is 9.97 Å². The van der Waals surface area contributed by atoms with Crippen LogP contribution >= 0.6 is 23.4 Å². The molecule has 1 aromatic heterocycles. The molecule has 0 saturated carbocycles. The van der Waals surface area contributed by atoms with Crippen LogP contribution in [0.4, 0.5) is 5.82 Å². The van der Waals surface area contributed by atoms with Crippen molar-refractivity contribution in [2.75, 3.05) is 24.2 Å². The van der Waals surface area contributed by atoms with E-state index in [1.165, 1.54) is 11.8 Å². The summed E-state index contributed by atoms with van der Waals surface area (Å²) in [6.45, 7) is 2.74. The van der Waals surface area contributed by atoms with Crippen molar-refractivity contribution in [2.24, 2.45) is 0 Å². The number of ether oxygens (including phenoxy) is 1. The van der Waals surface area contributed by atoms with Gasteiger partial charge in [0.15, 0.2) is 11.3 Å². The van der Waals surface area contributed by atoms with E-state index in [9.17, 15) is 4.79 Å². The zero-order chi connectivity index (χ0) is 16.4. The van der Waals surface area contributed by atoms with Gasteiger partial charge in [-0.3, -0.25) is 4.79 Å². The summed E-state index contributed by atoms with van der Waals surface area (Å²) >= 11 is 7.84. The molecule has 0 radical (unpaired) electrons. The topological polar surface area (TPSA) is 55.3 Å². The summed E-state index contributed by atoms with van der Waals surface area (Å²) in [5.41, 5.74) is 1.49. The molecule has 1 aliphatic heterocycles. The van der Waals surface area contributed by atoms with Gasteiger partial charge in [-0.15, -0.1) is 0 Å². The number of esters is 1. The number of fused-ring (bicyclic) bond motifs is 1. The normalized spacial score (nSPS) is 17.4. The van der Waals surface area contributed by atoms with Gasteiger partial charge in [0, 0.05) is 6.54 Å². The van der Waals surface area contributed by atoms with Crippen molar-refractivity contribution in [2.45, 2.75) is 18.2 Å². The summed E-state index contributed by atoms with van der Waals surface area (Å²) in [5, 5.41) is 0.898. The molecule has 0 fully saturated rings. The Morgan fingerprint density at radius 3 is 2.74 bits per heavy atom. The zero-order valence-corrected chi connectivity index (χ0v) is 14.4. The molecule has 1 aromatic carbocycles. The summed E-state index contributed by atoms with van der Waals surface area (Å²) in [7, 11) is 0. The third-order valence-electron chi connectivity index (χ3n) is 3.66. The van der Waals surface area contributed by atoms with Gasteiger partial charge in [-0.05, 0) is 18.7 Å². The lowest BCUT2D eigenvalue weighted by Crippen LogP contribution is -2.29. The van der Waals surface area contributed by atoms with Crippen LogP contribution in [-0.4, -0.2) is 35.3 Å². The minimum Gasteiger partial charge on any atom is -0.451 e. The second-order valence-electron chi connectivity index (χ2n) is 5.03. The van der Waals surface area contributed by atoms with Gasteiger partial charge < -0.3 is 9.64 Å². The van der Waals surface area contributed by atoms with Gasteiger partial charge in [-0.25, -0.2) is 9.97 Å². The Balaban J connectivity index is 2.21. The molecular formula is C16H16ClN3O2S. The van der Waals surface area contributed by atoms with E-state index in [-0.39, 0.29) is 12.5 Å². The Morgan fingerprint density at radius 2 is 2.09 bits per heavy atom. The molecule has 120 valence electrons. The highest BCUT2D eigenvalue weighted by Crippen LogP contribution is 2.39. The molecule has 2 heterocycles. The minimum absolute atomic E-state index is 0.147. The van der Waals surface area contributed by atoms with Crippen LogP contribution in [0.3, 0.4) is 0 Å². The monoisotopic (exact) mass is 349 g/mol. The number of rotatable bonds is 3. The summed E-state index contributed by atoms with van der Waals surface area (Å²) in [4.78, 5) is 23.0. The van der Waals surface area contributed by atoms with Gasteiger partial charge in [0.25, 0.3) is 0 Å². The van der Waals surface area contributed by atoms with Crippen LogP contribution in [0.25, 0.3) is 0 Å². The predicted molar refractivity (Wildman–Crippen MR) is 91.1 cm³/mol. The van der Waals surface area contributed by atoms with Crippen molar-refractivity contribution in [3.63, 3.8) is 0 Å². The predicted octanol–water partition coefficient (Wildman–Crippen LogP) is 3.32. The van der Waals surface area contributed by atoms with Gasteiger partial charge in [0.1, 0.15) is 17.5 Å². The number of carbonyl (C=O) groups excluding carboxylic acids is 1. The number of thioether (sulfide) groups is 1. The fourth-order valence-corrected chi connectivity index (χ4v) is 3.23. The van der Waals surface area contributed by atoms with Crippen LogP contribution in [0.2, 0.25) is 5.15 Å². The summed E-state index contributed by atoms with van der Waals surface area (Å²) in [6.07, 6.45) is 1.29. The quantitative estimate of drug-likeness (QED) is 0.367. The molecule has 1 atom stereocenters. The first-order chi connectivity index (χ1) is 11.1. The molecular weight excluding hydrogens is 334 g/mol. The largest absolute Gasteiger partial charge is 0.451 e. The molecule has 0 N–H and O–H groups in total. The van der Waals surface area contributed by atoms with Gasteiger partial charge in [-0.2, -0.15) is 0 Å². The molecule has 2 aromatic rings. The fourth-order valence-electron chi connectivity index (χ4n) is 2.55. The molecule has 0 spiro atoms. The lowest BCUT2D eigenvalue weighted by Gasteiger charge is -2.22. The molecule has 0 saturated heterocycles. The second kappa shape index (κ2) is 6.76. The van der Waals surface area contributed by atoms with Crippen molar-refractivity contribution in [1.29, 1.82) is 0 Å². The molecule has 5 nitrogen and oxygen atoms in total. The minimum atomic E-state index is -0.598. The number of hydrogen-bond donors (Lipinski definition) is 0. The first-order valence-corrected chi connectivity index (χ1v) is 8.85. The number of likely N-dealkylation sites (N-methyl/N-ethyl adjacent to an activating group) is 1. The number of nitrogens with zero attached hydrogens (tertiary/aromatic N) is 3. The maximum Gasteiger partial charge on any atom is 0.326 e. The number of anilines is 1. The van der Waals surface area contributed by atoms with Gasteiger partial charge in [-0.1, -0.05) is 53.7 Å². The molecule has 23 heavy (non-hydrogen) atoms. The third-order valence-corrected chi connectivity index (χ3v) is 4.49.